The fourth-order valence-corrected chi connectivity index (χ4v) is 4.39. The Labute approximate surface area is 168 Å². The van der Waals surface area contributed by atoms with Crippen molar-refractivity contribution >= 4 is 27.3 Å². The van der Waals surface area contributed by atoms with Gasteiger partial charge in [0.05, 0.1) is 22.6 Å². The minimum Gasteiger partial charge on any atom is -0.467 e. The number of amides is 1. The highest BCUT2D eigenvalue weighted by Crippen LogP contribution is 2.35. The van der Waals surface area contributed by atoms with Gasteiger partial charge in [-0.15, -0.1) is 0 Å². The third kappa shape index (κ3) is 3.79. The molecule has 0 radical (unpaired) electrons. The summed E-state index contributed by atoms with van der Waals surface area (Å²) >= 11 is 0. The number of benzene rings is 2. The molecule has 7 nitrogen and oxygen atoms in total. The number of furan rings is 1. The van der Waals surface area contributed by atoms with Gasteiger partial charge in [-0.3, -0.25) is 9.52 Å². The molecule has 0 saturated heterocycles. The van der Waals surface area contributed by atoms with Gasteiger partial charge in [-0.05, 0) is 30.3 Å². The highest BCUT2D eigenvalue weighted by molar-refractivity contribution is 7.92. The maximum atomic E-state index is 12.8. The van der Waals surface area contributed by atoms with E-state index in [9.17, 15) is 13.2 Å². The summed E-state index contributed by atoms with van der Waals surface area (Å²) in [6, 6.07) is 18.3. The molecule has 1 aromatic heterocycles. The standard InChI is InChI=1S/C21H19N3O4S/c1-15(25)24-20(21-12-7-13-28-21)14-19(22-24)17-10-5-6-11-18(17)23-29(26,27)16-8-3-2-4-9-16/h2-13,20,23H,14H2,1H3/t20-/m0/s1. The quantitative estimate of drug-likeness (QED) is 0.694. The molecule has 1 atom stereocenters. The Hall–Kier alpha value is -3.39. The zero-order valence-electron chi connectivity index (χ0n) is 15.6. The Kier molecular flexibility index (Phi) is 4.94. The zero-order chi connectivity index (χ0) is 20.4. The van der Waals surface area contributed by atoms with Crippen molar-refractivity contribution in [1.82, 2.24) is 5.01 Å². The first kappa shape index (κ1) is 18.9. The van der Waals surface area contributed by atoms with Crippen LogP contribution in [0.4, 0.5) is 5.69 Å². The predicted molar refractivity (Wildman–Crippen MR) is 109 cm³/mol. The van der Waals surface area contributed by atoms with Gasteiger partial charge in [0, 0.05) is 18.9 Å². The lowest BCUT2D eigenvalue weighted by molar-refractivity contribution is -0.130. The Morgan fingerprint density at radius 3 is 2.48 bits per heavy atom. The van der Waals surface area contributed by atoms with Crippen molar-refractivity contribution in [1.29, 1.82) is 0 Å². The average molecular weight is 409 g/mol. The topological polar surface area (TPSA) is 92.0 Å². The molecule has 1 amide bonds. The molecule has 1 N–H and O–H groups in total. The highest BCUT2D eigenvalue weighted by atomic mass is 32.2. The van der Waals surface area contributed by atoms with E-state index in [1.165, 1.54) is 24.1 Å². The van der Waals surface area contributed by atoms with Crippen LogP contribution in [-0.2, 0) is 14.8 Å². The van der Waals surface area contributed by atoms with Crippen LogP contribution in [0.5, 0.6) is 0 Å². The van der Waals surface area contributed by atoms with E-state index in [4.69, 9.17) is 4.42 Å². The molecule has 0 fully saturated rings. The maximum absolute atomic E-state index is 12.8. The third-order valence-electron chi connectivity index (χ3n) is 4.64. The van der Waals surface area contributed by atoms with Crippen LogP contribution in [0.1, 0.15) is 30.7 Å². The van der Waals surface area contributed by atoms with Gasteiger partial charge in [-0.2, -0.15) is 5.10 Å². The molecule has 0 aliphatic carbocycles. The number of nitrogens with zero attached hydrogens (tertiary/aromatic N) is 2. The van der Waals surface area contributed by atoms with Crippen LogP contribution >= 0.6 is 0 Å². The van der Waals surface area contributed by atoms with Crippen LogP contribution in [-0.4, -0.2) is 25.0 Å². The average Bonchev–Trinajstić information content (AvgIpc) is 3.38. The lowest BCUT2D eigenvalue weighted by Crippen LogP contribution is -2.23. The number of carbonyl (C=O) groups is 1. The molecule has 0 spiro atoms. The fraction of sp³-hybridized carbons (Fsp3) is 0.143. The highest BCUT2D eigenvalue weighted by Gasteiger charge is 2.34. The molecule has 8 heteroatoms. The fourth-order valence-electron chi connectivity index (χ4n) is 3.29. The van der Waals surface area contributed by atoms with Crippen LogP contribution in [0.15, 0.2) is 87.4 Å². The van der Waals surface area contributed by atoms with Gasteiger partial charge >= 0.3 is 0 Å². The van der Waals surface area contributed by atoms with E-state index >= 15 is 0 Å². The third-order valence-corrected chi connectivity index (χ3v) is 6.02. The summed E-state index contributed by atoms with van der Waals surface area (Å²) < 4.78 is 33.6. The van der Waals surface area contributed by atoms with Gasteiger partial charge in [-0.25, -0.2) is 13.4 Å². The van der Waals surface area contributed by atoms with E-state index in [1.807, 2.05) is 0 Å². The van der Waals surface area contributed by atoms with Crippen LogP contribution in [0.3, 0.4) is 0 Å². The van der Waals surface area contributed by atoms with E-state index in [1.54, 1.807) is 60.9 Å². The molecular weight excluding hydrogens is 390 g/mol. The first-order chi connectivity index (χ1) is 14.0. The first-order valence-corrected chi connectivity index (χ1v) is 10.5. The number of sulfonamides is 1. The SMILES string of the molecule is CC(=O)N1N=C(c2ccccc2NS(=O)(=O)c2ccccc2)C[C@H]1c1ccco1. The van der Waals surface area contributed by atoms with E-state index in [2.05, 4.69) is 9.82 Å². The number of rotatable bonds is 5. The molecule has 4 rings (SSSR count). The number of anilines is 1. The minimum absolute atomic E-state index is 0.169. The first-order valence-electron chi connectivity index (χ1n) is 9.03. The Balaban J connectivity index is 1.68. The second kappa shape index (κ2) is 7.56. The summed E-state index contributed by atoms with van der Waals surface area (Å²) in [6.45, 7) is 1.44. The summed E-state index contributed by atoms with van der Waals surface area (Å²) in [5.41, 5.74) is 1.62. The molecule has 148 valence electrons. The van der Waals surface area contributed by atoms with Crippen LogP contribution in [0.2, 0.25) is 0 Å². The molecule has 2 aromatic carbocycles. The zero-order valence-corrected chi connectivity index (χ0v) is 16.5. The summed E-state index contributed by atoms with van der Waals surface area (Å²) in [4.78, 5) is 12.3. The molecule has 3 aromatic rings. The predicted octanol–water partition coefficient (Wildman–Crippen LogP) is 3.78. The lowest BCUT2D eigenvalue weighted by Gasteiger charge is -2.17. The van der Waals surface area contributed by atoms with Gasteiger partial charge in [0.1, 0.15) is 11.8 Å². The van der Waals surface area contributed by atoms with E-state index in [0.717, 1.165) is 0 Å². The summed E-state index contributed by atoms with van der Waals surface area (Å²) in [5, 5.41) is 5.84. The Morgan fingerprint density at radius 1 is 1.07 bits per heavy atom. The number of carbonyl (C=O) groups excluding carboxylic acids is 1. The molecule has 0 saturated carbocycles. The van der Waals surface area contributed by atoms with E-state index in [0.29, 0.717) is 29.1 Å². The summed E-state index contributed by atoms with van der Waals surface area (Å²) in [6.07, 6.45) is 1.96. The number of hydrogen-bond acceptors (Lipinski definition) is 5. The van der Waals surface area contributed by atoms with Gasteiger partial charge in [0.2, 0.25) is 5.91 Å². The lowest BCUT2D eigenvalue weighted by atomic mass is 10.0. The molecule has 2 heterocycles. The van der Waals surface area contributed by atoms with Gasteiger partial charge in [-0.1, -0.05) is 36.4 Å². The minimum atomic E-state index is -3.76. The normalized spacial score (nSPS) is 16.5. The Morgan fingerprint density at radius 2 is 1.79 bits per heavy atom. The second-order valence-corrected chi connectivity index (χ2v) is 8.29. The molecule has 0 unspecified atom stereocenters. The van der Waals surface area contributed by atoms with Crippen LogP contribution in [0, 0.1) is 0 Å². The van der Waals surface area contributed by atoms with Crippen molar-refractivity contribution < 1.29 is 17.6 Å². The van der Waals surface area contributed by atoms with Gasteiger partial charge < -0.3 is 4.42 Å². The van der Waals surface area contributed by atoms with Crippen molar-refractivity contribution in [2.45, 2.75) is 24.3 Å². The van der Waals surface area contributed by atoms with Crippen molar-refractivity contribution in [2.75, 3.05) is 4.72 Å². The van der Waals surface area contributed by atoms with E-state index < -0.39 is 10.0 Å². The smallest absolute Gasteiger partial charge is 0.261 e. The van der Waals surface area contributed by atoms with Crippen LogP contribution in [0.25, 0.3) is 0 Å². The van der Waals surface area contributed by atoms with E-state index in [-0.39, 0.29) is 16.8 Å². The number of nitrogens with one attached hydrogen (secondary N) is 1. The van der Waals surface area contributed by atoms with Gasteiger partial charge in [0.25, 0.3) is 10.0 Å². The van der Waals surface area contributed by atoms with Crippen LogP contribution < -0.4 is 4.72 Å². The summed E-state index contributed by atoms with van der Waals surface area (Å²) in [7, 11) is -3.76. The van der Waals surface area contributed by atoms with Crippen molar-refractivity contribution in [3.8, 4) is 0 Å². The molecule has 0 bridgehead atoms. The monoisotopic (exact) mass is 409 g/mol. The van der Waals surface area contributed by atoms with Crippen molar-refractivity contribution in [3.05, 3.63) is 84.3 Å². The van der Waals surface area contributed by atoms with Crippen molar-refractivity contribution in [3.63, 3.8) is 0 Å². The van der Waals surface area contributed by atoms with Gasteiger partial charge in [0.15, 0.2) is 0 Å². The van der Waals surface area contributed by atoms with Crippen molar-refractivity contribution in [2.24, 2.45) is 5.10 Å². The Bertz CT molecular complexity index is 1160. The largest absolute Gasteiger partial charge is 0.467 e. The second-order valence-electron chi connectivity index (χ2n) is 6.61. The number of hydrogen-bond donors (Lipinski definition) is 1. The number of para-hydroxylation sites is 1. The molecule has 1 aliphatic rings. The molecular formula is C21H19N3O4S. The molecule has 29 heavy (non-hydrogen) atoms. The summed E-state index contributed by atoms with van der Waals surface area (Å²) in [5.74, 6) is 0.407. The molecule has 1 aliphatic heterocycles. The maximum Gasteiger partial charge on any atom is 0.261 e. The number of hydrazone groups is 1.